The minimum absolute atomic E-state index is 0.460. The average Bonchev–Trinajstić information content (AvgIpc) is 2.92. The number of hydrogen-bond acceptors (Lipinski definition) is 3. The fourth-order valence-electron chi connectivity index (χ4n) is 4.24. The van der Waals surface area contributed by atoms with Gasteiger partial charge >= 0.3 is 5.97 Å². The highest BCUT2D eigenvalue weighted by atomic mass is 16.4. The molecule has 2 aliphatic rings. The van der Waals surface area contributed by atoms with Gasteiger partial charge in [0.05, 0.1) is 0 Å². The van der Waals surface area contributed by atoms with Crippen molar-refractivity contribution in [1.82, 2.24) is 10.2 Å². The number of rotatable bonds is 7. The maximum atomic E-state index is 11.8. The fourth-order valence-corrected chi connectivity index (χ4v) is 4.24. The van der Waals surface area contributed by atoms with Crippen molar-refractivity contribution in [3.8, 4) is 0 Å². The van der Waals surface area contributed by atoms with Crippen LogP contribution in [-0.4, -0.2) is 46.7 Å². The molecule has 2 fully saturated rings. The van der Waals surface area contributed by atoms with Gasteiger partial charge in [-0.1, -0.05) is 26.7 Å². The Morgan fingerprint density at radius 3 is 2.76 bits per heavy atom. The van der Waals surface area contributed by atoms with Crippen molar-refractivity contribution in [2.75, 3.05) is 13.1 Å². The summed E-state index contributed by atoms with van der Waals surface area (Å²) in [5.41, 5.74) is -0.672. The zero-order valence-electron chi connectivity index (χ0n) is 13.7. The third-order valence-electron chi connectivity index (χ3n) is 5.37. The Bertz CT molecular complexity index is 346. The molecule has 1 aliphatic carbocycles. The number of aliphatic carboxylic acids is 1. The van der Waals surface area contributed by atoms with E-state index in [4.69, 9.17) is 0 Å². The minimum atomic E-state index is -0.672. The summed E-state index contributed by atoms with van der Waals surface area (Å²) in [4.78, 5) is 14.4. The maximum Gasteiger partial charge on any atom is 0.323 e. The predicted molar refractivity (Wildman–Crippen MR) is 85.6 cm³/mol. The Morgan fingerprint density at radius 2 is 2.10 bits per heavy atom. The monoisotopic (exact) mass is 296 g/mol. The summed E-state index contributed by atoms with van der Waals surface area (Å²) >= 11 is 0. The van der Waals surface area contributed by atoms with Crippen LogP contribution in [0.3, 0.4) is 0 Å². The van der Waals surface area contributed by atoms with Crippen LogP contribution in [0.5, 0.6) is 0 Å². The molecule has 1 aliphatic heterocycles. The van der Waals surface area contributed by atoms with E-state index in [1.54, 1.807) is 0 Å². The molecule has 2 N–H and O–H groups in total. The van der Waals surface area contributed by atoms with Gasteiger partial charge in [0.1, 0.15) is 5.54 Å². The van der Waals surface area contributed by atoms with E-state index in [1.807, 2.05) is 0 Å². The number of carbonyl (C=O) groups is 1. The van der Waals surface area contributed by atoms with Gasteiger partial charge in [0.2, 0.25) is 0 Å². The highest BCUT2D eigenvalue weighted by Gasteiger charge is 2.47. The molecule has 3 atom stereocenters. The lowest BCUT2D eigenvalue weighted by molar-refractivity contribution is -0.144. The second-order valence-electron chi connectivity index (χ2n) is 6.89. The first-order valence-corrected chi connectivity index (χ1v) is 8.87. The van der Waals surface area contributed by atoms with Gasteiger partial charge in [-0.15, -0.1) is 0 Å². The van der Waals surface area contributed by atoms with Crippen LogP contribution >= 0.6 is 0 Å². The highest BCUT2D eigenvalue weighted by Crippen LogP contribution is 2.37. The van der Waals surface area contributed by atoms with E-state index in [9.17, 15) is 9.90 Å². The van der Waals surface area contributed by atoms with Gasteiger partial charge in [0.15, 0.2) is 0 Å². The van der Waals surface area contributed by atoms with Crippen molar-refractivity contribution < 1.29 is 9.90 Å². The number of carboxylic acids is 1. The minimum Gasteiger partial charge on any atom is -0.480 e. The van der Waals surface area contributed by atoms with Gasteiger partial charge < -0.3 is 10.4 Å². The molecule has 0 aromatic rings. The zero-order chi connectivity index (χ0) is 15.3. The van der Waals surface area contributed by atoms with Crippen molar-refractivity contribution >= 4 is 5.97 Å². The van der Waals surface area contributed by atoms with E-state index >= 15 is 0 Å². The molecule has 0 aromatic heterocycles. The Morgan fingerprint density at radius 1 is 1.29 bits per heavy atom. The second kappa shape index (κ2) is 7.59. The molecule has 21 heavy (non-hydrogen) atoms. The van der Waals surface area contributed by atoms with Crippen LogP contribution in [0, 0.1) is 0 Å². The van der Waals surface area contributed by atoms with Crippen LogP contribution < -0.4 is 5.32 Å². The number of carboxylic acid groups (broad SMARTS) is 1. The Balaban J connectivity index is 2.02. The maximum absolute atomic E-state index is 11.8. The summed E-state index contributed by atoms with van der Waals surface area (Å²) in [6.07, 6.45) is 9.99. The normalized spacial score (nSPS) is 34.2. The molecular weight excluding hydrogens is 264 g/mol. The first-order chi connectivity index (χ1) is 10.1. The molecule has 0 radical (unpaired) electrons. The SMILES string of the molecule is CCCNC1(C(=O)O)CCC(N2CCCCC2CCC)C1. The average molecular weight is 296 g/mol. The summed E-state index contributed by atoms with van der Waals surface area (Å²) in [5, 5.41) is 13.0. The molecule has 4 nitrogen and oxygen atoms in total. The molecular formula is C17H32N2O2. The number of piperidine rings is 1. The zero-order valence-corrected chi connectivity index (χ0v) is 13.7. The van der Waals surface area contributed by atoms with E-state index < -0.39 is 11.5 Å². The summed E-state index contributed by atoms with van der Waals surface area (Å²) in [6, 6.07) is 1.15. The first-order valence-electron chi connectivity index (χ1n) is 8.87. The van der Waals surface area contributed by atoms with Crippen molar-refractivity contribution in [2.24, 2.45) is 0 Å². The molecule has 0 amide bonds. The van der Waals surface area contributed by atoms with Gasteiger partial charge in [-0.25, -0.2) is 0 Å². The Labute approximate surface area is 129 Å². The quantitative estimate of drug-likeness (QED) is 0.758. The van der Waals surface area contributed by atoms with E-state index in [2.05, 4.69) is 24.1 Å². The molecule has 2 rings (SSSR count). The van der Waals surface area contributed by atoms with Crippen LogP contribution in [0.4, 0.5) is 0 Å². The predicted octanol–water partition coefficient (Wildman–Crippen LogP) is 3.02. The van der Waals surface area contributed by atoms with Gasteiger partial charge in [0, 0.05) is 12.1 Å². The third-order valence-corrected chi connectivity index (χ3v) is 5.37. The van der Waals surface area contributed by atoms with Gasteiger partial charge in [-0.2, -0.15) is 0 Å². The first kappa shape index (κ1) is 16.8. The van der Waals surface area contributed by atoms with Gasteiger partial charge in [0.25, 0.3) is 0 Å². The molecule has 1 heterocycles. The molecule has 1 saturated carbocycles. The van der Waals surface area contributed by atoms with Crippen LogP contribution in [-0.2, 0) is 4.79 Å². The third kappa shape index (κ3) is 3.78. The van der Waals surface area contributed by atoms with E-state index in [1.165, 1.54) is 38.6 Å². The molecule has 122 valence electrons. The van der Waals surface area contributed by atoms with Crippen molar-refractivity contribution in [3.05, 3.63) is 0 Å². The van der Waals surface area contributed by atoms with Crippen molar-refractivity contribution in [2.45, 2.75) is 89.3 Å². The highest BCUT2D eigenvalue weighted by molar-refractivity contribution is 5.79. The van der Waals surface area contributed by atoms with E-state index in [-0.39, 0.29) is 0 Å². The Hall–Kier alpha value is -0.610. The lowest BCUT2D eigenvalue weighted by atomic mass is 9.93. The van der Waals surface area contributed by atoms with Crippen molar-refractivity contribution in [3.63, 3.8) is 0 Å². The molecule has 1 saturated heterocycles. The Kier molecular flexibility index (Phi) is 6.06. The molecule has 0 spiro atoms. The standard InChI is InChI=1S/C17H32N2O2/c1-3-7-14-8-5-6-12-19(14)15-9-10-17(13-15,16(20)21)18-11-4-2/h14-15,18H,3-13H2,1-2H3,(H,20,21). The van der Waals surface area contributed by atoms with E-state index in [0.717, 1.165) is 32.2 Å². The number of nitrogens with one attached hydrogen (secondary N) is 1. The number of likely N-dealkylation sites (tertiary alicyclic amines) is 1. The number of nitrogens with zero attached hydrogens (tertiary/aromatic N) is 1. The molecule has 4 heteroatoms. The van der Waals surface area contributed by atoms with Crippen LogP contribution in [0.15, 0.2) is 0 Å². The second-order valence-corrected chi connectivity index (χ2v) is 6.89. The number of hydrogen-bond donors (Lipinski definition) is 2. The summed E-state index contributed by atoms with van der Waals surface area (Å²) in [5.74, 6) is -0.650. The van der Waals surface area contributed by atoms with Crippen molar-refractivity contribution in [1.29, 1.82) is 0 Å². The van der Waals surface area contributed by atoms with Crippen LogP contribution in [0.25, 0.3) is 0 Å². The summed E-state index contributed by atoms with van der Waals surface area (Å²) in [6.45, 7) is 6.32. The van der Waals surface area contributed by atoms with Crippen LogP contribution in [0.2, 0.25) is 0 Å². The summed E-state index contributed by atoms with van der Waals surface area (Å²) in [7, 11) is 0. The van der Waals surface area contributed by atoms with E-state index in [0.29, 0.717) is 12.1 Å². The molecule has 0 aromatic carbocycles. The molecule has 0 bridgehead atoms. The van der Waals surface area contributed by atoms with Crippen LogP contribution in [0.1, 0.15) is 71.6 Å². The lowest BCUT2D eigenvalue weighted by Gasteiger charge is -2.40. The lowest BCUT2D eigenvalue weighted by Crippen LogP contribution is -2.53. The fraction of sp³-hybridized carbons (Fsp3) is 0.941. The largest absolute Gasteiger partial charge is 0.480 e. The topological polar surface area (TPSA) is 52.6 Å². The van der Waals surface area contributed by atoms with Gasteiger partial charge in [-0.05, 0) is 58.0 Å². The smallest absolute Gasteiger partial charge is 0.323 e. The summed E-state index contributed by atoms with van der Waals surface area (Å²) < 4.78 is 0. The molecule has 3 unspecified atom stereocenters. The van der Waals surface area contributed by atoms with Gasteiger partial charge in [-0.3, -0.25) is 9.69 Å².